The van der Waals surface area contributed by atoms with Crippen molar-refractivity contribution in [2.45, 2.75) is 40.2 Å². The molecule has 0 saturated carbocycles. The first-order valence-electron chi connectivity index (χ1n) is 6.54. The molecule has 1 aliphatic heterocycles. The lowest BCUT2D eigenvalue weighted by molar-refractivity contribution is 0.112. The molecule has 0 unspecified atom stereocenters. The molecule has 2 nitrogen and oxygen atoms in total. The number of nitrogens with zero attached hydrogens (tertiary/aromatic N) is 1. The number of rotatable bonds is 2. The lowest BCUT2D eigenvalue weighted by Crippen LogP contribution is -2.39. The predicted octanol–water partition coefficient (Wildman–Crippen LogP) is 3.20. The summed E-state index contributed by atoms with van der Waals surface area (Å²) in [7, 11) is 0. The van der Waals surface area contributed by atoms with Crippen LogP contribution >= 0.6 is 0 Å². The molecule has 1 saturated heterocycles. The maximum atomic E-state index is 5.96. The Morgan fingerprint density at radius 2 is 2.12 bits per heavy atom. The highest BCUT2D eigenvalue weighted by Crippen LogP contribution is 2.29. The predicted molar refractivity (Wildman–Crippen MR) is 73.9 cm³/mol. The van der Waals surface area contributed by atoms with Gasteiger partial charge in [0.1, 0.15) is 0 Å². The fraction of sp³-hybridized carbons (Fsp3) is 0.600. The van der Waals surface area contributed by atoms with Gasteiger partial charge in [-0.3, -0.25) is 4.90 Å². The minimum absolute atomic E-state index is 0.467. The first-order valence-corrected chi connectivity index (χ1v) is 6.54. The van der Waals surface area contributed by atoms with E-state index in [4.69, 9.17) is 5.73 Å². The number of nitrogens with two attached hydrogens (primary N) is 1. The van der Waals surface area contributed by atoms with Crippen molar-refractivity contribution in [1.29, 1.82) is 0 Å². The number of likely N-dealkylation sites (tertiary alicyclic amines) is 1. The van der Waals surface area contributed by atoms with Gasteiger partial charge >= 0.3 is 0 Å². The van der Waals surface area contributed by atoms with Crippen molar-refractivity contribution in [3.05, 3.63) is 29.3 Å². The Morgan fingerprint density at radius 3 is 2.76 bits per heavy atom. The van der Waals surface area contributed by atoms with Gasteiger partial charge in [-0.25, -0.2) is 0 Å². The van der Waals surface area contributed by atoms with Crippen LogP contribution in [-0.2, 0) is 6.54 Å². The molecule has 0 bridgehead atoms. The summed E-state index contributed by atoms with van der Waals surface area (Å²) in [6, 6.07) is 6.45. The second kappa shape index (κ2) is 4.69. The van der Waals surface area contributed by atoms with Crippen molar-refractivity contribution in [3.8, 4) is 0 Å². The van der Waals surface area contributed by atoms with Crippen molar-refractivity contribution in [3.63, 3.8) is 0 Å². The van der Waals surface area contributed by atoms with Crippen LogP contribution in [0.5, 0.6) is 0 Å². The van der Waals surface area contributed by atoms with Crippen molar-refractivity contribution in [1.82, 2.24) is 4.90 Å². The Kier molecular flexibility index (Phi) is 3.43. The lowest BCUT2D eigenvalue weighted by Gasteiger charge is -2.38. The molecule has 1 aromatic rings. The standard InChI is InChI=1S/C15H24N2/c1-12-5-6-13(9-14(12)16)10-17-8-4-7-15(2,3)11-17/h5-6,9H,4,7-8,10-11,16H2,1-3H3. The van der Waals surface area contributed by atoms with Crippen LogP contribution in [0.1, 0.15) is 37.8 Å². The monoisotopic (exact) mass is 232 g/mol. The number of aryl methyl sites for hydroxylation is 1. The molecular formula is C15H24N2. The highest BCUT2D eigenvalue weighted by atomic mass is 15.1. The summed E-state index contributed by atoms with van der Waals surface area (Å²) < 4.78 is 0. The van der Waals surface area contributed by atoms with Gasteiger partial charge < -0.3 is 5.73 Å². The Labute approximate surface area is 105 Å². The summed E-state index contributed by atoms with van der Waals surface area (Å²) in [5.41, 5.74) is 9.86. The average Bonchev–Trinajstić information content (AvgIpc) is 2.22. The second-order valence-corrected chi connectivity index (χ2v) is 6.17. The van der Waals surface area contributed by atoms with Crippen LogP contribution in [0.25, 0.3) is 0 Å². The zero-order valence-corrected chi connectivity index (χ0v) is 11.3. The summed E-state index contributed by atoms with van der Waals surface area (Å²) in [4.78, 5) is 2.55. The Morgan fingerprint density at radius 1 is 1.35 bits per heavy atom. The fourth-order valence-corrected chi connectivity index (χ4v) is 2.73. The van der Waals surface area contributed by atoms with Crippen LogP contribution in [0.15, 0.2) is 18.2 Å². The third-order valence-corrected chi connectivity index (χ3v) is 3.73. The quantitative estimate of drug-likeness (QED) is 0.793. The molecule has 2 heteroatoms. The summed E-state index contributed by atoms with van der Waals surface area (Å²) in [5.74, 6) is 0. The molecule has 2 N–H and O–H groups in total. The zero-order valence-electron chi connectivity index (χ0n) is 11.3. The summed E-state index contributed by atoms with van der Waals surface area (Å²) >= 11 is 0. The van der Waals surface area contributed by atoms with Gasteiger partial charge in [-0.2, -0.15) is 0 Å². The van der Waals surface area contributed by atoms with E-state index in [2.05, 4.69) is 43.9 Å². The molecule has 0 amide bonds. The van der Waals surface area contributed by atoms with Crippen molar-refractivity contribution >= 4 is 5.69 Å². The van der Waals surface area contributed by atoms with Crippen LogP contribution < -0.4 is 5.73 Å². The van der Waals surface area contributed by atoms with Crippen LogP contribution in [0.2, 0.25) is 0 Å². The van der Waals surface area contributed by atoms with Crippen LogP contribution in [0.3, 0.4) is 0 Å². The largest absolute Gasteiger partial charge is 0.399 e. The third kappa shape index (κ3) is 3.22. The molecule has 0 aromatic heterocycles. The van der Waals surface area contributed by atoms with Crippen molar-refractivity contribution in [2.75, 3.05) is 18.8 Å². The molecule has 0 aliphatic carbocycles. The first kappa shape index (κ1) is 12.4. The zero-order chi connectivity index (χ0) is 12.5. The van der Waals surface area contributed by atoms with Gasteiger partial charge in [-0.1, -0.05) is 26.0 Å². The number of nitrogen functional groups attached to an aromatic ring is 1. The number of hydrogen-bond acceptors (Lipinski definition) is 2. The van der Waals surface area contributed by atoms with E-state index in [0.717, 1.165) is 12.2 Å². The van der Waals surface area contributed by atoms with E-state index in [-0.39, 0.29) is 0 Å². The SMILES string of the molecule is Cc1ccc(CN2CCCC(C)(C)C2)cc1N. The van der Waals surface area contributed by atoms with Gasteiger partial charge in [0.2, 0.25) is 0 Å². The molecule has 0 spiro atoms. The van der Waals surface area contributed by atoms with Crippen molar-refractivity contribution in [2.24, 2.45) is 5.41 Å². The van der Waals surface area contributed by atoms with E-state index >= 15 is 0 Å². The minimum atomic E-state index is 0.467. The molecule has 17 heavy (non-hydrogen) atoms. The van der Waals surface area contributed by atoms with Gasteiger partial charge in [0.25, 0.3) is 0 Å². The minimum Gasteiger partial charge on any atom is -0.399 e. The smallest absolute Gasteiger partial charge is 0.0346 e. The second-order valence-electron chi connectivity index (χ2n) is 6.17. The molecular weight excluding hydrogens is 208 g/mol. The highest BCUT2D eigenvalue weighted by Gasteiger charge is 2.26. The molecule has 1 aromatic carbocycles. The fourth-order valence-electron chi connectivity index (χ4n) is 2.73. The highest BCUT2D eigenvalue weighted by molar-refractivity contribution is 5.48. The summed E-state index contributed by atoms with van der Waals surface area (Å²) in [5, 5.41) is 0. The Hall–Kier alpha value is -1.02. The van der Waals surface area contributed by atoms with Gasteiger partial charge in [0.05, 0.1) is 0 Å². The van der Waals surface area contributed by atoms with Crippen LogP contribution in [0, 0.1) is 12.3 Å². The Bertz CT molecular complexity index is 396. The molecule has 1 heterocycles. The summed E-state index contributed by atoms with van der Waals surface area (Å²) in [6.45, 7) is 10.2. The van der Waals surface area contributed by atoms with Gasteiger partial charge in [-0.05, 0) is 48.9 Å². The van der Waals surface area contributed by atoms with E-state index in [1.165, 1.54) is 37.1 Å². The average molecular weight is 232 g/mol. The van der Waals surface area contributed by atoms with E-state index in [1.807, 2.05) is 0 Å². The first-order chi connectivity index (χ1) is 7.96. The summed E-state index contributed by atoms with van der Waals surface area (Å²) in [6.07, 6.45) is 2.66. The maximum Gasteiger partial charge on any atom is 0.0346 e. The molecule has 94 valence electrons. The topological polar surface area (TPSA) is 29.3 Å². The molecule has 1 fully saturated rings. The number of benzene rings is 1. The Balaban J connectivity index is 2.03. The van der Waals surface area contributed by atoms with E-state index < -0.39 is 0 Å². The number of anilines is 1. The molecule has 0 radical (unpaired) electrons. The van der Waals surface area contributed by atoms with Gasteiger partial charge in [0, 0.05) is 18.8 Å². The van der Waals surface area contributed by atoms with Gasteiger partial charge in [0.15, 0.2) is 0 Å². The van der Waals surface area contributed by atoms with Crippen LogP contribution in [-0.4, -0.2) is 18.0 Å². The third-order valence-electron chi connectivity index (χ3n) is 3.73. The maximum absolute atomic E-state index is 5.96. The molecule has 2 rings (SSSR count). The van der Waals surface area contributed by atoms with E-state index in [1.54, 1.807) is 0 Å². The van der Waals surface area contributed by atoms with Gasteiger partial charge in [-0.15, -0.1) is 0 Å². The van der Waals surface area contributed by atoms with Crippen LogP contribution in [0.4, 0.5) is 5.69 Å². The number of piperidine rings is 1. The normalized spacial score (nSPS) is 20.4. The van der Waals surface area contributed by atoms with Crippen molar-refractivity contribution < 1.29 is 0 Å². The number of hydrogen-bond donors (Lipinski definition) is 1. The van der Waals surface area contributed by atoms with E-state index in [0.29, 0.717) is 5.41 Å². The van der Waals surface area contributed by atoms with E-state index in [9.17, 15) is 0 Å². The lowest BCUT2D eigenvalue weighted by atomic mass is 9.84. The molecule has 0 atom stereocenters. The molecule has 1 aliphatic rings.